The highest BCUT2D eigenvalue weighted by Gasteiger charge is 1.93. The number of nitrogens with zero attached hydrogens (tertiary/aromatic N) is 1. The van der Waals surface area contributed by atoms with Crippen molar-refractivity contribution in [2.24, 2.45) is 0 Å². The summed E-state index contributed by atoms with van der Waals surface area (Å²) in [4.78, 5) is 23.2. The Kier molecular flexibility index (Phi) is 17.9. The number of hydrogen-bond donors (Lipinski definition) is 2. The van der Waals surface area contributed by atoms with E-state index in [0.717, 1.165) is 32.4 Å². The lowest BCUT2D eigenvalue weighted by Crippen LogP contribution is -2.25. The van der Waals surface area contributed by atoms with Crippen LogP contribution in [0.15, 0.2) is 25.3 Å². The highest BCUT2D eigenvalue weighted by Crippen LogP contribution is 1.85. The van der Waals surface area contributed by atoms with Crippen molar-refractivity contribution in [2.75, 3.05) is 40.5 Å². The number of unbranched alkanes of at least 4 members (excludes halogenated alkanes) is 1. The van der Waals surface area contributed by atoms with Crippen LogP contribution in [0.3, 0.4) is 0 Å². The number of nitrogens with one attached hydrogen (secondary N) is 2. The molecule has 0 rings (SSSR count). The average Bonchev–Trinajstić information content (AvgIpc) is 2.51. The van der Waals surface area contributed by atoms with Gasteiger partial charge in [-0.15, -0.1) is 0 Å². The van der Waals surface area contributed by atoms with Gasteiger partial charge in [0.25, 0.3) is 0 Å². The molecule has 0 aromatic carbocycles. The molecule has 6 heteroatoms. The summed E-state index contributed by atoms with van der Waals surface area (Å²) in [6.45, 7) is 11.5. The molecule has 22 heavy (non-hydrogen) atoms. The van der Waals surface area contributed by atoms with Crippen molar-refractivity contribution in [2.45, 2.75) is 26.2 Å². The summed E-state index contributed by atoms with van der Waals surface area (Å²) in [7, 11) is 4.02. The maximum Gasteiger partial charge on any atom is 0.245 e. The normalized spacial score (nSPS) is 9.45. The zero-order valence-corrected chi connectivity index (χ0v) is 14.2. The van der Waals surface area contributed by atoms with E-state index in [2.05, 4.69) is 35.6 Å². The van der Waals surface area contributed by atoms with Gasteiger partial charge in [0.05, 0.1) is 0 Å². The minimum absolute atomic E-state index is 0.0937. The van der Waals surface area contributed by atoms with Crippen LogP contribution >= 0.6 is 0 Å². The van der Waals surface area contributed by atoms with Crippen molar-refractivity contribution in [1.82, 2.24) is 15.5 Å². The summed E-state index contributed by atoms with van der Waals surface area (Å²) in [6.07, 6.45) is 5.63. The van der Waals surface area contributed by atoms with Crippen LogP contribution in [0.1, 0.15) is 26.2 Å². The van der Waals surface area contributed by atoms with Crippen LogP contribution in [0.25, 0.3) is 0 Å². The van der Waals surface area contributed by atoms with Gasteiger partial charge in [0.15, 0.2) is 0 Å². The molecule has 0 unspecified atom stereocenters. The Bertz CT molecular complexity index is 318. The van der Waals surface area contributed by atoms with E-state index in [1.165, 1.54) is 12.2 Å². The summed E-state index contributed by atoms with van der Waals surface area (Å²) in [5.74, 6) is -0.287. The van der Waals surface area contributed by atoms with E-state index in [0.29, 0.717) is 6.61 Å². The summed E-state index contributed by atoms with van der Waals surface area (Å²) in [5, 5.41) is 5.22. The van der Waals surface area contributed by atoms with E-state index >= 15 is 0 Å². The fraction of sp³-hybridized carbons (Fsp3) is 0.625. The number of ether oxygens (including phenoxy) is 1. The topological polar surface area (TPSA) is 70.7 Å². The van der Waals surface area contributed by atoms with Crippen molar-refractivity contribution in [3.63, 3.8) is 0 Å². The number of hydrogen-bond acceptors (Lipinski definition) is 4. The zero-order chi connectivity index (χ0) is 17.2. The molecule has 0 atom stereocenters. The number of amides is 2. The largest absolute Gasteiger partial charge is 0.361 e. The quantitative estimate of drug-likeness (QED) is 0.343. The molecule has 2 amide bonds. The van der Waals surface area contributed by atoms with Gasteiger partial charge in [0.1, 0.15) is 6.73 Å². The van der Waals surface area contributed by atoms with E-state index in [9.17, 15) is 9.59 Å². The van der Waals surface area contributed by atoms with Crippen molar-refractivity contribution in [1.29, 1.82) is 0 Å². The molecule has 0 spiro atoms. The SMILES string of the molecule is C=CC(=O)NCCCN(C)C.C=CC(=O)NCOCCCC. The second-order valence-corrected chi connectivity index (χ2v) is 4.80. The first-order valence-corrected chi connectivity index (χ1v) is 7.50. The third-order valence-electron chi connectivity index (χ3n) is 2.44. The summed E-state index contributed by atoms with van der Waals surface area (Å²) in [5.41, 5.74) is 0. The van der Waals surface area contributed by atoms with Gasteiger partial charge < -0.3 is 20.3 Å². The molecular weight excluding hydrogens is 282 g/mol. The lowest BCUT2D eigenvalue weighted by Gasteiger charge is -2.08. The molecular formula is C16H31N3O3. The molecule has 6 nitrogen and oxygen atoms in total. The monoisotopic (exact) mass is 313 g/mol. The lowest BCUT2D eigenvalue weighted by atomic mass is 10.4. The molecule has 2 N–H and O–H groups in total. The molecule has 0 heterocycles. The van der Waals surface area contributed by atoms with E-state index in [-0.39, 0.29) is 18.5 Å². The maximum atomic E-state index is 10.6. The molecule has 0 aromatic rings. The van der Waals surface area contributed by atoms with Gasteiger partial charge in [-0.25, -0.2) is 0 Å². The highest BCUT2D eigenvalue weighted by molar-refractivity contribution is 5.87. The molecule has 0 saturated carbocycles. The third kappa shape index (κ3) is 20.7. The molecule has 0 radical (unpaired) electrons. The smallest absolute Gasteiger partial charge is 0.245 e. The van der Waals surface area contributed by atoms with Crippen LogP contribution in [0.2, 0.25) is 0 Å². The fourth-order valence-electron chi connectivity index (χ4n) is 1.19. The van der Waals surface area contributed by atoms with Crippen molar-refractivity contribution < 1.29 is 14.3 Å². The lowest BCUT2D eigenvalue weighted by molar-refractivity contribution is -0.118. The average molecular weight is 313 g/mol. The molecule has 0 saturated heterocycles. The Labute approximate surface area is 134 Å². The number of carbonyl (C=O) groups is 2. The van der Waals surface area contributed by atoms with Crippen LogP contribution in [0, 0.1) is 0 Å². The summed E-state index contributed by atoms with van der Waals surface area (Å²) in [6, 6.07) is 0. The van der Waals surface area contributed by atoms with Gasteiger partial charge in [-0.05, 0) is 45.6 Å². The Morgan fingerprint density at radius 2 is 1.68 bits per heavy atom. The first-order valence-electron chi connectivity index (χ1n) is 7.50. The van der Waals surface area contributed by atoms with Gasteiger partial charge in [-0.1, -0.05) is 26.5 Å². The molecule has 0 bridgehead atoms. The van der Waals surface area contributed by atoms with Crippen LogP contribution < -0.4 is 10.6 Å². The van der Waals surface area contributed by atoms with Crippen LogP contribution in [-0.4, -0.2) is 57.2 Å². The highest BCUT2D eigenvalue weighted by atomic mass is 16.5. The van der Waals surface area contributed by atoms with Crippen LogP contribution in [-0.2, 0) is 14.3 Å². The first-order chi connectivity index (χ1) is 10.5. The van der Waals surface area contributed by atoms with Gasteiger partial charge in [0, 0.05) is 13.2 Å². The first kappa shape index (κ1) is 22.6. The molecule has 0 fully saturated rings. The predicted molar refractivity (Wildman–Crippen MR) is 90.4 cm³/mol. The van der Waals surface area contributed by atoms with Gasteiger partial charge >= 0.3 is 0 Å². The predicted octanol–water partition coefficient (Wildman–Crippen LogP) is 1.30. The van der Waals surface area contributed by atoms with Crippen LogP contribution in [0.4, 0.5) is 0 Å². The zero-order valence-electron chi connectivity index (χ0n) is 14.2. The van der Waals surface area contributed by atoms with Crippen molar-refractivity contribution in [3.05, 3.63) is 25.3 Å². The molecule has 0 aliphatic heterocycles. The van der Waals surface area contributed by atoms with Gasteiger partial charge in [-0.3, -0.25) is 9.59 Å². The second-order valence-electron chi connectivity index (χ2n) is 4.80. The number of carbonyl (C=O) groups excluding carboxylic acids is 2. The van der Waals surface area contributed by atoms with Gasteiger partial charge in [0.2, 0.25) is 11.8 Å². The van der Waals surface area contributed by atoms with E-state index < -0.39 is 0 Å². The third-order valence-corrected chi connectivity index (χ3v) is 2.44. The van der Waals surface area contributed by atoms with Crippen molar-refractivity contribution in [3.8, 4) is 0 Å². The summed E-state index contributed by atoms with van der Waals surface area (Å²) >= 11 is 0. The Morgan fingerprint density at radius 1 is 1.09 bits per heavy atom. The molecule has 0 aliphatic carbocycles. The number of rotatable bonds is 11. The fourth-order valence-corrected chi connectivity index (χ4v) is 1.19. The van der Waals surface area contributed by atoms with E-state index in [1.807, 2.05) is 14.1 Å². The molecule has 0 aromatic heterocycles. The van der Waals surface area contributed by atoms with E-state index in [1.54, 1.807) is 0 Å². The van der Waals surface area contributed by atoms with E-state index in [4.69, 9.17) is 4.74 Å². The molecule has 128 valence electrons. The standard InChI is InChI=1S/C8H16N2O.C8H15NO2/c1-4-8(11)9-6-5-7-10(2)3;1-3-5-6-11-7-9-8(10)4-2/h4H,1,5-7H2,2-3H3,(H,9,11);4H,2-3,5-7H2,1H3,(H,9,10). The molecule has 0 aliphatic rings. The second kappa shape index (κ2) is 17.4. The maximum absolute atomic E-state index is 10.6. The Balaban J connectivity index is 0. The Morgan fingerprint density at radius 3 is 2.18 bits per heavy atom. The minimum atomic E-state index is -0.193. The summed E-state index contributed by atoms with van der Waals surface area (Å²) < 4.78 is 5.07. The minimum Gasteiger partial charge on any atom is -0.361 e. The Hall–Kier alpha value is -1.66. The van der Waals surface area contributed by atoms with Crippen molar-refractivity contribution >= 4 is 11.8 Å². The van der Waals surface area contributed by atoms with Gasteiger partial charge in [-0.2, -0.15) is 0 Å². The van der Waals surface area contributed by atoms with Crippen LogP contribution in [0.5, 0.6) is 0 Å².